The van der Waals surface area contributed by atoms with E-state index in [1.165, 1.54) is 5.56 Å². The Morgan fingerprint density at radius 3 is 2.28 bits per heavy atom. The minimum atomic E-state index is -0.787. The van der Waals surface area contributed by atoms with E-state index in [1.54, 1.807) is 0 Å². The molecule has 0 atom stereocenters. The second-order valence-electron chi connectivity index (χ2n) is 5.51. The molecule has 18 heavy (non-hydrogen) atoms. The third kappa shape index (κ3) is 5.32. The molecule has 3 nitrogen and oxygen atoms in total. The first kappa shape index (κ1) is 14.7. The predicted molar refractivity (Wildman–Crippen MR) is 73.6 cm³/mol. The molecular weight excluding hydrogens is 226 g/mol. The molecule has 1 rings (SSSR count). The van der Waals surface area contributed by atoms with Gasteiger partial charge in [-0.05, 0) is 23.0 Å². The van der Waals surface area contributed by atoms with Gasteiger partial charge in [-0.25, -0.2) is 0 Å². The molecule has 0 unspecified atom stereocenters. The lowest BCUT2D eigenvalue weighted by atomic mass is 9.90. The van der Waals surface area contributed by atoms with E-state index < -0.39 is 5.97 Å². The molecule has 0 amide bonds. The van der Waals surface area contributed by atoms with E-state index in [0.29, 0.717) is 5.41 Å². The molecule has 0 radical (unpaired) electrons. The fourth-order valence-corrected chi connectivity index (χ4v) is 1.62. The molecular formula is C15H23NO2. The van der Waals surface area contributed by atoms with Crippen molar-refractivity contribution >= 4 is 5.97 Å². The molecule has 3 heteroatoms. The van der Waals surface area contributed by atoms with Crippen LogP contribution in [0.15, 0.2) is 24.3 Å². The Morgan fingerprint density at radius 2 is 1.78 bits per heavy atom. The molecule has 0 spiro atoms. The first-order chi connectivity index (χ1) is 8.43. The number of nitrogens with one attached hydrogen (secondary N) is 1. The molecule has 100 valence electrons. The molecule has 0 saturated heterocycles. The van der Waals surface area contributed by atoms with E-state index in [1.807, 2.05) is 24.3 Å². The summed E-state index contributed by atoms with van der Waals surface area (Å²) in [4.78, 5) is 10.6. The van der Waals surface area contributed by atoms with Gasteiger partial charge < -0.3 is 10.4 Å². The molecule has 1 aromatic carbocycles. The predicted octanol–water partition coefficient (Wildman–Crippen LogP) is 2.84. The van der Waals surface area contributed by atoms with Gasteiger partial charge in [-0.2, -0.15) is 0 Å². The summed E-state index contributed by atoms with van der Waals surface area (Å²) in [7, 11) is 0. The van der Waals surface area contributed by atoms with Crippen LogP contribution in [0, 0.1) is 5.41 Å². The van der Waals surface area contributed by atoms with Crippen LogP contribution in [0.5, 0.6) is 0 Å². The minimum absolute atomic E-state index is 0.0938. The molecule has 0 aliphatic carbocycles. The van der Waals surface area contributed by atoms with Crippen LogP contribution in [0.2, 0.25) is 0 Å². The number of carboxylic acid groups (broad SMARTS) is 1. The Morgan fingerprint density at radius 1 is 1.22 bits per heavy atom. The number of hydrogen-bond donors (Lipinski definition) is 2. The van der Waals surface area contributed by atoms with Crippen molar-refractivity contribution in [2.24, 2.45) is 5.41 Å². The van der Waals surface area contributed by atoms with Crippen LogP contribution >= 0.6 is 0 Å². The second-order valence-corrected chi connectivity index (χ2v) is 5.51. The zero-order chi connectivity index (χ0) is 13.6. The van der Waals surface area contributed by atoms with E-state index in [2.05, 4.69) is 26.1 Å². The van der Waals surface area contributed by atoms with Crippen LogP contribution in [0.3, 0.4) is 0 Å². The van der Waals surface area contributed by atoms with Gasteiger partial charge in [-0.15, -0.1) is 0 Å². The van der Waals surface area contributed by atoms with Crippen LogP contribution in [0.1, 0.15) is 38.3 Å². The molecule has 0 aliphatic heterocycles. The summed E-state index contributed by atoms with van der Waals surface area (Å²) in [6, 6.07) is 7.75. The average Bonchev–Trinajstić information content (AvgIpc) is 2.30. The topological polar surface area (TPSA) is 49.3 Å². The molecule has 0 aliphatic rings. The molecule has 0 saturated carbocycles. The Hall–Kier alpha value is -1.35. The fraction of sp³-hybridized carbons (Fsp3) is 0.533. The molecule has 0 fully saturated rings. The van der Waals surface area contributed by atoms with E-state index in [4.69, 9.17) is 5.11 Å². The van der Waals surface area contributed by atoms with Crippen molar-refractivity contribution in [2.45, 2.75) is 40.2 Å². The summed E-state index contributed by atoms with van der Waals surface area (Å²) >= 11 is 0. The maximum atomic E-state index is 10.6. The zero-order valence-electron chi connectivity index (χ0n) is 11.5. The second kappa shape index (κ2) is 6.55. The largest absolute Gasteiger partial charge is 0.481 e. The maximum Gasteiger partial charge on any atom is 0.307 e. The Balaban J connectivity index is 2.42. The van der Waals surface area contributed by atoms with Crippen LogP contribution in [0.25, 0.3) is 0 Å². The maximum absolute atomic E-state index is 10.6. The Bertz CT molecular complexity index is 382. The van der Waals surface area contributed by atoms with Crippen LogP contribution in [0.4, 0.5) is 0 Å². The van der Waals surface area contributed by atoms with Crippen molar-refractivity contribution in [3.05, 3.63) is 35.4 Å². The van der Waals surface area contributed by atoms with E-state index in [9.17, 15) is 4.79 Å². The quantitative estimate of drug-likeness (QED) is 0.781. The Kier molecular flexibility index (Phi) is 5.35. The summed E-state index contributed by atoms with van der Waals surface area (Å²) in [5.74, 6) is -0.787. The van der Waals surface area contributed by atoms with Crippen molar-refractivity contribution < 1.29 is 9.90 Å². The number of hydrogen-bond acceptors (Lipinski definition) is 2. The van der Waals surface area contributed by atoms with Gasteiger partial charge in [0, 0.05) is 13.1 Å². The van der Waals surface area contributed by atoms with Crippen molar-refractivity contribution in [1.29, 1.82) is 0 Å². The lowest BCUT2D eigenvalue weighted by molar-refractivity contribution is -0.136. The van der Waals surface area contributed by atoms with Crippen molar-refractivity contribution in [3.63, 3.8) is 0 Å². The lowest BCUT2D eigenvalue weighted by Gasteiger charge is -2.23. The summed E-state index contributed by atoms with van der Waals surface area (Å²) in [6.07, 6.45) is 1.24. The summed E-state index contributed by atoms with van der Waals surface area (Å²) in [5.41, 5.74) is 2.36. The highest BCUT2D eigenvalue weighted by Gasteiger charge is 2.13. The van der Waals surface area contributed by atoms with Crippen molar-refractivity contribution in [2.75, 3.05) is 6.54 Å². The fourth-order valence-electron chi connectivity index (χ4n) is 1.62. The van der Waals surface area contributed by atoms with Crippen molar-refractivity contribution in [3.8, 4) is 0 Å². The first-order valence-electron chi connectivity index (χ1n) is 6.43. The van der Waals surface area contributed by atoms with Gasteiger partial charge in [-0.3, -0.25) is 4.79 Å². The van der Waals surface area contributed by atoms with Gasteiger partial charge in [0.1, 0.15) is 0 Å². The monoisotopic (exact) mass is 249 g/mol. The summed E-state index contributed by atoms with van der Waals surface area (Å²) in [6.45, 7) is 8.51. The van der Waals surface area contributed by atoms with E-state index in [-0.39, 0.29) is 6.42 Å². The average molecular weight is 249 g/mol. The first-order valence-corrected chi connectivity index (χ1v) is 6.43. The highest BCUT2D eigenvalue weighted by molar-refractivity contribution is 5.70. The third-order valence-corrected chi connectivity index (χ3v) is 3.27. The highest BCUT2D eigenvalue weighted by atomic mass is 16.4. The minimum Gasteiger partial charge on any atom is -0.481 e. The van der Waals surface area contributed by atoms with Gasteiger partial charge in [0.25, 0.3) is 0 Å². The molecule has 0 bridgehead atoms. The van der Waals surface area contributed by atoms with Crippen molar-refractivity contribution in [1.82, 2.24) is 5.32 Å². The normalized spacial score (nSPS) is 11.5. The number of carboxylic acids is 1. The third-order valence-electron chi connectivity index (χ3n) is 3.27. The number of rotatable bonds is 7. The number of benzene rings is 1. The number of carbonyl (C=O) groups is 1. The molecule has 1 aromatic rings. The summed E-state index contributed by atoms with van der Waals surface area (Å²) < 4.78 is 0. The van der Waals surface area contributed by atoms with Crippen LogP contribution in [-0.2, 0) is 17.8 Å². The zero-order valence-corrected chi connectivity index (χ0v) is 11.5. The van der Waals surface area contributed by atoms with E-state index in [0.717, 1.165) is 25.1 Å². The SMILES string of the molecule is CCC(C)(C)CNCc1ccc(CC(=O)O)cc1. The van der Waals surface area contributed by atoms with Crippen LogP contribution < -0.4 is 5.32 Å². The lowest BCUT2D eigenvalue weighted by Crippen LogP contribution is -2.28. The molecule has 0 heterocycles. The standard InChI is InChI=1S/C15H23NO2/c1-4-15(2,3)11-16-10-13-7-5-12(6-8-13)9-14(17)18/h5-8,16H,4,9-11H2,1-3H3,(H,17,18). The molecule has 2 N–H and O–H groups in total. The van der Waals surface area contributed by atoms with Gasteiger partial charge in [0.15, 0.2) is 0 Å². The highest BCUT2D eigenvalue weighted by Crippen LogP contribution is 2.17. The van der Waals surface area contributed by atoms with Gasteiger partial charge in [-0.1, -0.05) is 45.0 Å². The van der Waals surface area contributed by atoms with Gasteiger partial charge in [0.2, 0.25) is 0 Å². The van der Waals surface area contributed by atoms with Crippen LogP contribution in [-0.4, -0.2) is 17.6 Å². The smallest absolute Gasteiger partial charge is 0.307 e. The van der Waals surface area contributed by atoms with Gasteiger partial charge >= 0.3 is 5.97 Å². The van der Waals surface area contributed by atoms with E-state index >= 15 is 0 Å². The number of aliphatic carboxylic acids is 1. The molecule has 0 aromatic heterocycles. The summed E-state index contributed by atoms with van der Waals surface area (Å²) in [5, 5.41) is 12.1. The van der Waals surface area contributed by atoms with Gasteiger partial charge in [0.05, 0.1) is 6.42 Å². The Labute approximate surface area is 109 Å².